The predicted octanol–water partition coefficient (Wildman–Crippen LogP) is 3.57. The van der Waals surface area contributed by atoms with E-state index in [0.717, 1.165) is 5.56 Å². The van der Waals surface area contributed by atoms with Crippen LogP contribution < -0.4 is 10.6 Å². The van der Waals surface area contributed by atoms with Crippen molar-refractivity contribution >= 4 is 17.9 Å². The molecular formula is C23H37N3O4. The molecule has 7 heteroatoms. The molecule has 1 aromatic rings. The third-order valence-electron chi connectivity index (χ3n) is 4.41. The highest BCUT2D eigenvalue weighted by Gasteiger charge is 2.35. The third kappa shape index (κ3) is 7.69. The van der Waals surface area contributed by atoms with Gasteiger partial charge in [-0.2, -0.15) is 0 Å². The Morgan fingerprint density at radius 1 is 0.967 bits per heavy atom. The molecule has 0 fully saturated rings. The van der Waals surface area contributed by atoms with Crippen LogP contribution in [0.15, 0.2) is 24.3 Å². The summed E-state index contributed by atoms with van der Waals surface area (Å²) >= 11 is 0. The molecule has 0 heterocycles. The monoisotopic (exact) mass is 419 g/mol. The topological polar surface area (TPSA) is 87.7 Å². The van der Waals surface area contributed by atoms with Crippen molar-refractivity contribution in [1.29, 1.82) is 0 Å². The number of ether oxygens (including phenoxy) is 1. The summed E-state index contributed by atoms with van der Waals surface area (Å²) in [4.78, 5) is 40.0. The highest BCUT2D eigenvalue weighted by Crippen LogP contribution is 2.23. The van der Waals surface area contributed by atoms with Crippen LogP contribution >= 0.6 is 0 Å². The third-order valence-corrected chi connectivity index (χ3v) is 4.41. The molecule has 1 rings (SSSR count). The zero-order chi connectivity index (χ0) is 23.2. The Morgan fingerprint density at radius 3 is 1.93 bits per heavy atom. The molecule has 0 saturated carbocycles. The molecule has 0 aliphatic rings. The second-order valence-electron chi connectivity index (χ2n) is 9.29. The number of carbonyl (C=O) groups is 3. The van der Waals surface area contributed by atoms with Crippen molar-refractivity contribution in [2.75, 3.05) is 7.05 Å². The number of nitrogens with one attached hydrogen (secondary N) is 2. The normalized spacial score (nSPS) is 13.6. The van der Waals surface area contributed by atoms with Crippen molar-refractivity contribution in [3.63, 3.8) is 0 Å². The second kappa shape index (κ2) is 10.5. The molecule has 0 radical (unpaired) electrons. The minimum atomic E-state index is -0.829. The molecule has 0 aromatic heterocycles. The number of hydrogen-bond donors (Lipinski definition) is 2. The number of alkyl carbamates (subject to hydrolysis) is 1. The smallest absolute Gasteiger partial charge is 0.408 e. The van der Waals surface area contributed by atoms with Gasteiger partial charge in [0.15, 0.2) is 0 Å². The van der Waals surface area contributed by atoms with Crippen molar-refractivity contribution in [1.82, 2.24) is 15.5 Å². The maximum Gasteiger partial charge on any atom is 0.408 e. The summed E-state index contributed by atoms with van der Waals surface area (Å²) in [5.74, 6) is -0.830. The van der Waals surface area contributed by atoms with E-state index in [2.05, 4.69) is 10.6 Å². The van der Waals surface area contributed by atoms with Gasteiger partial charge < -0.3 is 20.3 Å². The van der Waals surface area contributed by atoms with Gasteiger partial charge in [0, 0.05) is 13.1 Å². The van der Waals surface area contributed by atoms with Crippen molar-refractivity contribution in [3.8, 4) is 0 Å². The molecule has 2 atom stereocenters. The van der Waals surface area contributed by atoms with Gasteiger partial charge in [-0.3, -0.25) is 9.59 Å². The quantitative estimate of drug-likeness (QED) is 0.707. The van der Waals surface area contributed by atoms with E-state index in [1.807, 2.05) is 58.9 Å². The minimum Gasteiger partial charge on any atom is -0.444 e. The Bertz CT molecular complexity index is 736. The van der Waals surface area contributed by atoms with Crippen LogP contribution in [-0.4, -0.2) is 47.5 Å². The average molecular weight is 420 g/mol. The first-order valence-electron chi connectivity index (χ1n) is 10.4. The van der Waals surface area contributed by atoms with Crippen molar-refractivity contribution < 1.29 is 19.1 Å². The largest absolute Gasteiger partial charge is 0.444 e. The summed E-state index contributed by atoms with van der Waals surface area (Å²) in [7, 11) is 1.58. The molecule has 30 heavy (non-hydrogen) atoms. The number of benzene rings is 1. The van der Waals surface area contributed by atoms with Crippen LogP contribution in [0.2, 0.25) is 0 Å². The Kier molecular flexibility index (Phi) is 8.88. The Hall–Kier alpha value is -2.57. The fourth-order valence-electron chi connectivity index (χ4n) is 2.96. The molecule has 1 aromatic carbocycles. The molecule has 0 aliphatic carbocycles. The predicted molar refractivity (Wildman–Crippen MR) is 118 cm³/mol. The number of likely N-dealkylation sites (N-methyl/N-ethyl adjacent to an activating group) is 1. The van der Waals surface area contributed by atoms with Crippen LogP contribution in [0.4, 0.5) is 4.79 Å². The number of amides is 3. The molecule has 168 valence electrons. The maximum absolute atomic E-state index is 13.3. The number of hydrogen-bond acceptors (Lipinski definition) is 4. The van der Waals surface area contributed by atoms with Gasteiger partial charge in [-0.25, -0.2) is 4.79 Å². The van der Waals surface area contributed by atoms with Gasteiger partial charge in [0.05, 0.1) is 0 Å². The van der Waals surface area contributed by atoms with Crippen LogP contribution in [0.25, 0.3) is 0 Å². The lowest BCUT2D eigenvalue weighted by Gasteiger charge is -2.33. The van der Waals surface area contributed by atoms with Crippen LogP contribution in [0.5, 0.6) is 0 Å². The lowest BCUT2D eigenvalue weighted by molar-refractivity contribution is -0.141. The van der Waals surface area contributed by atoms with Gasteiger partial charge >= 0.3 is 6.09 Å². The minimum absolute atomic E-state index is 0.0743. The summed E-state index contributed by atoms with van der Waals surface area (Å²) in [6.07, 6.45) is -0.665. The van der Waals surface area contributed by atoms with E-state index < -0.39 is 23.8 Å². The lowest BCUT2D eigenvalue weighted by atomic mass is 9.99. The van der Waals surface area contributed by atoms with E-state index in [1.54, 1.807) is 27.8 Å². The number of nitrogens with zero attached hydrogens (tertiary/aromatic N) is 1. The van der Waals surface area contributed by atoms with Crippen LogP contribution in [0, 0.1) is 12.8 Å². The zero-order valence-electron chi connectivity index (χ0n) is 19.7. The van der Waals surface area contributed by atoms with Crippen LogP contribution in [0.3, 0.4) is 0 Å². The summed E-state index contributed by atoms with van der Waals surface area (Å²) in [6.45, 7) is 14.6. The van der Waals surface area contributed by atoms with Crippen LogP contribution in [0.1, 0.15) is 65.6 Å². The van der Waals surface area contributed by atoms with E-state index in [1.165, 1.54) is 4.90 Å². The average Bonchev–Trinajstić information content (AvgIpc) is 2.58. The van der Waals surface area contributed by atoms with Crippen LogP contribution in [-0.2, 0) is 14.3 Å². The second-order valence-corrected chi connectivity index (χ2v) is 9.29. The first-order chi connectivity index (χ1) is 13.7. The van der Waals surface area contributed by atoms with E-state index in [0.29, 0.717) is 5.56 Å². The highest BCUT2D eigenvalue weighted by molar-refractivity contribution is 5.92. The SMILES string of the molecule is Cc1ccc(C(C(=O)NC(C)C)N(C)C(=O)C(NC(=O)OC(C)(C)C)C(C)C)cc1. The standard InChI is InChI=1S/C23H37N3O4/c1-14(2)18(25-22(29)30-23(6,7)8)21(28)26(9)19(20(27)24-15(3)4)17-12-10-16(5)11-13-17/h10-15,18-19H,1-9H3,(H,24,27)(H,25,29). The number of carbonyl (C=O) groups excluding carboxylic acids is 3. The summed E-state index contributed by atoms with van der Waals surface area (Å²) in [6, 6.07) is 5.77. The van der Waals surface area contributed by atoms with Gasteiger partial charge in [0.1, 0.15) is 17.7 Å². The molecule has 2 N–H and O–H groups in total. The molecule has 7 nitrogen and oxygen atoms in total. The van der Waals surface area contributed by atoms with Gasteiger partial charge in [-0.05, 0) is 53.0 Å². The zero-order valence-corrected chi connectivity index (χ0v) is 19.7. The summed E-state index contributed by atoms with van der Waals surface area (Å²) in [5.41, 5.74) is 1.08. The van der Waals surface area contributed by atoms with E-state index >= 15 is 0 Å². The van der Waals surface area contributed by atoms with Crippen molar-refractivity contribution in [3.05, 3.63) is 35.4 Å². The first-order valence-corrected chi connectivity index (χ1v) is 10.4. The summed E-state index contributed by atoms with van der Waals surface area (Å²) < 4.78 is 5.31. The molecule has 3 amide bonds. The maximum atomic E-state index is 13.3. The molecule has 0 bridgehead atoms. The van der Waals surface area contributed by atoms with Gasteiger partial charge in [-0.15, -0.1) is 0 Å². The summed E-state index contributed by atoms with van der Waals surface area (Å²) in [5, 5.41) is 5.55. The molecule has 0 saturated heterocycles. The lowest BCUT2D eigenvalue weighted by Crippen LogP contribution is -2.54. The fraction of sp³-hybridized carbons (Fsp3) is 0.609. The Balaban J connectivity index is 3.19. The van der Waals surface area contributed by atoms with Crippen molar-refractivity contribution in [2.45, 2.75) is 79.1 Å². The van der Waals surface area contributed by atoms with E-state index in [9.17, 15) is 14.4 Å². The number of rotatable bonds is 7. The first kappa shape index (κ1) is 25.5. The molecular weight excluding hydrogens is 382 g/mol. The van der Waals surface area contributed by atoms with Crippen molar-refractivity contribution in [2.24, 2.45) is 5.92 Å². The number of aryl methyl sites for hydroxylation is 1. The Labute approximate surface area is 180 Å². The van der Waals surface area contributed by atoms with Gasteiger partial charge in [0.2, 0.25) is 11.8 Å². The van der Waals surface area contributed by atoms with E-state index in [4.69, 9.17) is 4.74 Å². The Morgan fingerprint density at radius 2 is 1.50 bits per heavy atom. The van der Waals surface area contributed by atoms with E-state index in [-0.39, 0.29) is 23.8 Å². The molecule has 2 unspecified atom stereocenters. The molecule has 0 aliphatic heterocycles. The van der Waals surface area contributed by atoms with Gasteiger partial charge in [-0.1, -0.05) is 43.7 Å². The molecule has 0 spiro atoms. The fourth-order valence-corrected chi connectivity index (χ4v) is 2.96. The highest BCUT2D eigenvalue weighted by atomic mass is 16.6. The van der Waals surface area contributed by atoms with Gasteiger partial charge in [0.25, 0.3) is 0 Å².